The summed E-state index contributed by atoms with van der Waals surface area (Å²) >= 11 is 5.13. The fraction of sp³-hybridized carbons (Fsp3) is 0.800. The third-order valence-electron chi connectivity index (χ3n) is 3.55. The number of esters is 1. The van der Waals surface area contributed by atoms with E-state index in [-0.39, 0.29) is 5.97 Å². The Balaban J connectivity index is 2.12. The van der Waals surface area contributed by atoms with Crippen molar-refractivity contribution in [2.75, 3.05) is 7.11 Å². The van der Waals surface area contributed by atoms with Gasteiger partial charge in [0.05, 0.1) is 7.11 Å². The average Bonchev–Trinajstić information content (AvgIpc) is 2.75. The summed E-state index contributed by atoms with van der Waals surface area (Å²) in [6.45, 7) is 2.15. The van der Waals surface area contributed by atoms with Crippen molar-refractivity contribution >= 4 is 23.2 Å². The quantitative estimate of drug-likeness (QED) is 0.449. The van der Waals surface area contributed by atoms with Gasteiger partial charge in [0.15, 0.2) is 4.99 Å². The molecule has 2 aliphatic rings. The number of carbonyl (C=O) groups is 1. The van der Waals surface area contributed by atoms with Crippen molar-refractivity contribution in [2.45, 2.75) is 38.3 Å². The van der Waals surface area contributed by atoms with Gasteiger partial charge in [-0.1, -0.05) is 12.2 Å². The maximum Gasteiger partial charge on any atom is 0.365 e. The first-order valence-electron chi connectivity index (χ1n) is 5.05. The Hall–Kier alpha value is -0.640. The summed E-state index contributed by atoms with van der Waals surface area (Å²) in [4.78, 5) is 13.8. The smallest absolute Gasteiger partial charge is 0.365 e. The second kappa shape index (κ2) is 3.50. The van der Waals surface area contributed by atoms with E-state index in [0.29, 0.717) is 17.1 Å². The van der Waals surface area contributed by atoms with E-state index in [2.05, 4.69) is 16.6 Å². The van der Waals surface area contributed by atoms with Gasteiger partial charge in [-0.05, 0) is 32.1 Å². The van der Waals surface area contributed by atoms with Gasteiger partial charge in [0.25, 0.3) is 0 Å². The van der Waals surface area contributed by atoms with E-state index in [1.807, 2.05) is 0 Å². The van der Waals surface area contributed by atoms with Gasteiger partial charge in [-0.3, -0.25) is 0 Å². The fourth-order valence-corrected chi connectivity index (χ4v) is 3.18. The molecular weight excluding hydrogens is 198 g/mol. The molecule has 3 atom stereocenters. The molecule has 3 unspecified atom stereocenters. The molecule has 0 aromatic rings. The van der Waals surface area contributed by atoms with Crippen molar-refractivity contribution in [1.29, 1.82) is 0 Å². The lowest BCUT2D eigenvalue weighted by atomic mass is 10.0. The van der Waals surface area contributed by atoms with Crippen LogP contribution in [-0.4, -0.2) is 35.1 Å². The van der Waals surface area contributed by atoms with Crippen molar-refractivity contribution in [3.63, 3.8) is 0 Å². The summed E-state index contributed by atoms with van der Waals surface area (Å²) in [6.07, 6.45) is 3.65. The van der Waals surface area contributed by atoms with Crippen molar-refractivity contribution < 1.29 is 9.53 Å². The first kappa shape index (κ1) is 9.90. The molecular formula is C10H15NO2S. The largest absolute Gasteiger partial charge is 0.464 e. The van der Waals surface area contributed by atoms with Gasteiger partial charge in [-0.25, -0.2) is 4.79 Å². The topological polar surface area (TPSA) is 29.5 Å². The number of ether oxygens (including phenoxy) is 1. The molecule has 1 aliphatic heterocycles. The molecule has 2 rings (SSSR count). The molecule has 0 spiro atoms. The van der Waals surface area contributed by atoms with E-state index in [4.69, 9.17) is 12.2 Å². The molecule has 78 valence electrons. The van der Waals surface area contributed by atoms with Crippen LogP contribution in [0.4, 0.5) is 0 Å². The Labute approximate surface area is 89.4 Å². The van der Waals surface area contributed by atoms with Crippen LogP contribution in [0.2, 0.25) is 0 Å². The van der Waals surface area contributed by atoms with Crippen LogP contribution >= 0.6 is 12.2 Å². The summed E-state index contributed by atoms with van der Waals surface area (Å²) < 4.78 is 4.66. The summed E-state index contributed by atoms with van der Waals surface area (Å²) in [5.74, 6) is 0.363. The third kappa shape index (κ3) is 1.32. The molecule has 0 amide bonds. The number of carbonyl (C=O) groups excluding carboxylic acids is 1. The van der Waals surface area contributed by atoms with Gasteiger partial charge in [0.2, 0.25) is 0 Å². The Morgan fingerprint density at radius 2 is 2.21 bits per heavy atom. The highest BCUT2D eigenvalue weighted by Crippen LogP contribution is 2.42. The predicted molar refractivity (Wildman–Crippen MR) is 57.0 cm³/mol. The molecule has 3 nitrogen and oxygen atoms in total. The van der Waals surface area contributed by atoms with Gasteiger partial charge >= 0.3 is 5.97 Å². The Kier molecular flexibility index (Phi) is 2.47. The second-order valence-electron chi connectivity index (χ2n) is 4.17. The van der Waals surface area contributed by atoms with Crippen LogP contribution in [-0.2, 0) is 9.53 Å². The van der Waals surface area contributed by atoms with E-state index < -0.39 is 0 Å². The highest BCUT2D eigenvalue weighted by atomic mass is 32.1. The number of thiocarbonyl (C=S) groups is 1. The van der Waals surface area contributed by atoms with Crippen LogP contribution in [0.1, 0.15) is 26.2 Å². The highest BCUT2D eigenvalue weighted by molar-refractivity contribution is 7.81. The molecule has 2 bridgehead atoms. The van der Waals surface area contributed by atoms with E-state index in [1.165, 1.54) is 26.4 Å². The number of hydrogen-bond donors (Lipinski definition) is 0. The SMILES string of the molecule is COC(=O)C(=S)N1C2CCC(C2)C1C. The predicted octanol–water partition coefficient (Wildman–Crippen LogP) is 1.36. The zero-order chi connectivity index (χ0) is 10.3. The molecule has 0 radical (unpaired) electrons. The Morgan fingerprint density at radius 3 is 2.71 bits per heavy atom. The second-order valence-corrected chi connectivity index (χ2v) is 4.56. The minimum Gasteiger partial charge on any atom is -0.464 e. The standard InChI is InChI=1S/C10H15NO2S/c1-6-7-3-4-8(5-7)11(6)9(14)10(12)13-2/h6-8H,3-5H2,1-2H3. The molecule has 1 aliphatic carbocycles. The fourth-order valence-electron chi connectivity index (χ4n) is 2.79. The van der Waals surface area contributed by atoms with Crippen LogP contribution in [0.15, 0.2) is 0 Å². The van der Waals surface area contributed by atoms with Gasteiger partial charge in [-0.15, -0.1) is 0 Å². The van der Waals surface area contributed by atoms with Crippen LogP contribution in [0, 0.1) is 5.92 Å². The first-order valence-corrected chi connectivity index (χ1v) is 5.46. The lowest BCUT2D eigenvalue weighted by molar-refractivity contribution is -0.133. The normalized spacial score (nSPS) is 34.7. The van der Waals surface area contributed by atoms with Gasteiger partial charge in [0, 0.05) is 12.1 Å². The van der Waals surface area contributed by atoms with Crippen molar-refractivity contribution in [3.05, 3.63) is 0 Å². The summed E-state index contributed by atoms with van der Waals surface area (Å²) in [5, 5.41) is 0. The molecule has 14 heavy (non-hydrogen) atoms. The summed E-state index contributed by atoms with van der Waals surface area (Å²) in [7, 11) is 1.38. The van der Waals surface area contributed by atoms with Crippen LogP contribution < -0.4 is 0 Å². The number of hydrogen-bond acceptors (Lipinski definition) is 3. The Morgan fingerprint density at radius 1 is 1.50 bits per heavy atom. The lowest BCUT2D eigenvalue weighted by Gasteiger charge is -2.33. The zero-order valence-electron chi connectivity index (χ0n) is 8.53. The van der Waals surface area contributed by atoms with Crippen molar-refractivity contribution in [1.82, 2.24) is 4.90 Å². The van der Waals surface area contributed by atoms with Gasteiger partial charge in [0.1, 0.15) is 0 Å². The van der Waals surface area contributed by atoms with Crippen molar-refractivity contribution in [3.8, 4) is 0 Å². The minimum atomic E-state index is -0.362. The van der Waals surface area contributed by atoms with Crippen LogP contribution in [0.3, 0.4) is 0 Å². The summed E-state index contributed by atoms with van der Waals surface area (Å²) in [5.41, 5.74) is 0. The number of methoxy groups -OCH3 is 1. The van der Waals surface area contributed by atoms with Gasteiger partial charge in [-0.2, -0.15) is 0 Å². The Bertz CT molecular complexity index is 277. The number of rotatable bonds is 0. The molecule has 1 heterocycles. The highest BCUT2D eigenvalue weighted by Gasteiger charge is 2.45. The van der Waals surface area contributed by atoms with E-state index in [9.17, 15) is 4.79 Å². The van der Waals surface area contributed by atoms with E-state index in [0.717, 1.165) is 5.92 Å². The summed E-state index contributed by atoms with van der Waals surface area (Å²) in [6, 6.07) is 0.905. The minimum absolute atomic E-state index is 0.362. The maximum atomic E-state index is 11.3. The zero-order valence-corrected chi connectivity index (χ0v) is 9.34. The van der Waals surface area contributed by atoms with Crippen LogP contribution in [0.5, 0.6) is 0 Å². The molecule has 1 saturated heterocycles. The number of piperidine rings is 1. The molecule has 0 aromatic heterocycles. The number of likely N-dealkylation sites (tertiary alicyclic amines) is 1. The lowest BCUT2D eigenvalue weighted by Crippen LogP contribution is -2.46. The van der Waals surface area contributed by atoms with E-state index >= 15 is 0 Å². The first-order chi connectivity index (χ1) is 6.65. The van der Waals surface area contributed by atoms with Gasteiger partial charge < -0.3 is 9.64 Å². The molecule has 1 saturated carbocycles. The van der Waals surface area contributed by atoms with Crippen LogP contribution in [0.25, 0.3) is 0 Å². The molecule has 0 N–H and O–H groups in total. The van der Waals surface area contributed by atoms with Crippen molar-refractivity contribution in [2.24, 2.45) is 5.92 Å². The molecule has 4 heteroatoms. The average molecular weight is 213 g/mol. The monoisotopic (exact) mass is 213 g/mol. The maximum absolute atomic E-state index is 11.3. The number of nitrogens with zero attached hydrogens (tertiary/aromatic N) is 1. The molecule has 2 fully saturated rings. The number of fused-ring (bicyclic) bond motifs is 2. The van der Waals surface area contributed by atoms with E-state index in [1.54, 1.807) is 0 Å². The molecule has 0 aromatic carbocycles. The third-order valence-corrected chi connectivity index (χ3v) is 3.93.